The Kier molecular flexibility index (Phi) is 7.84. The topological polar surface area (TPSA) is 111 Å². The van der Waals surface area contributed by atoms with Crippen molar-refractivity contribution in [1.29, 1.82) is 0 Å². The molecule has 0 saturated heterocycles. The van der Waals surface area contributed by atoms with Gasteiger partial charge in [0.1, 0.15) is 5.75 Å². The molecule has 0 aliphatic rings. The molecule has 0 unspecified atom stereocenters. The number of alkyl halides is 2. The minimum absolute atomic E-state index is 0.0390. The second kappa shape index (κ2) is 10.1. The van der Waals surface area contributed by atoms with Crippen LogP contribution < -0.4 is 14.8 Å². The second-order valence-electron chi connectivity index (χ2n) is 6.33. The molecule has 30 heavy (non-hydrogen) atoms. The van der Waals surface area contributed by atoms with Gasteiger partial charge in [0.15, 0.2) is 6.61 Å². The Labute approximate surface area is 172 Å². The van der Waals surface area contributed by atoms with Crippen molar-refractivity contribution in [2.24, 2.45) is 0 Å². The van der Waals surface area contributed by atoms with Gasteiger partial charge in [-0.2, -0.15) is 8.78 Å². The van der Waals surface area contributed by atoms with Crippen LogP contribution in [0.3, 0.4) is 0 Å². The third-order valence-corrected chi connectivity index (χ3v) is 5.12. The van der Waals surface area contributed by atoms with Crippen LogP contribution in [-0.4, -0.2) is 39.6 Å². The number of rotatable bonds is 9. The van der Waals surface area contributed by atoms with Crippen molar-refractivity contribution in [3.63, 3.8) is 0 Å². The van der Waals surface area contributed by atoms with E-state index in [2.05, 4.69) is 14.8 Å². The lowest BCUT2D eigenvalue weighted by molar-refractivity contribution is -0.119. The number of benzene rings is 2. The molecular formula is C19H20F2N2O6S. The van der Waals surface area contributed by atoms with Crippen LogP contribution in [0, 0.1) is 0 Å². The van der Waals surface area contributed by atoms with Crippen molar-refractivity contribution in [2.75, 3.05) is 11.9 Å². The Morgan fingerprint density at radius 1 is 1.07 bits per heavy atom. The quantitative estimate of drug-likeness (QED) is 0.578. The van der Waals surface area contributed by atoms with Gasteiger partial charge >= 0.3 is 12.6 Å². The maximum Gasteiger partial charge on any atom is 0.387 e. The molecule has 2 rings (SSSR count). The van der Waals surface area contributed by atoms with Crippen LogP contribution >= 0.6 is 0 Å². The lowest BCUT2D eigenvalue weighted by atomic mass is 10.2. The van der Waals surface area contributed by atoms with E-state index >= 15 is 0 Å². The monoisotopic (exact) mass is 442 g/mol. The lowest BCUT2D eigenvalue weighted by Gasteiger charge is -2.11. The lowest BCUT2D eigenvalue weighted by Crippen LogP contribution is -2.30. The fraction of sp³-hybridized carbons (Fsp3) is 0.263. The molecule has 8 nitrogen and oxygen atoms in total. The Bertz CT molecular complexity index is 994. The minimum atomic E-state index is -3.79. The molecule has 0 saturated carbocycles. The highest BCUT2D eigenvalue weighted by Gasteiger charge is 2.18. The van der Waals surface area contributed by atoms with Crippen LogP contribution in [0.2, 0.25) is 0 Å². The first-order valence-electron chi connectivity index (χ1n) is 8.71. The van der Waals surface area contributed by atoms with Crippen LogP contribution in [0.1, 0.15) is 24.2 Å². The van der Waals surface area contributed by atoms with Gasteiger partial charge < -0.3 is 14.8 Å². The number of amides is 1. The number of halogens is 2. The molecule has 0 fully saturated rings. The zero-order chi connectivity index (χ0) is 22.3. The number of sulfonamides is 1. The van der Waals surface area contributed by atoms with E-state index < -0.39 is 35.1 Å². The maximum absolute atomic E-state index is 12.2. The minimum Gasteiger partial charge on any atom is -0.452 e. The average Bonchev–Trinajstić information content (AvgIpc) is 2.66. The van der Waals surface area contributed by atoms with Crippen LogP contribution in [0.4, 0.5) is 14.5 Å². The molecule has 1 amide bonds. The molecule has 2 aromatic rings. The number of carbonyl (C=O) groups is 2. The molecule has 0 spiro atoms. The van der Waals surface area contributed by atoms with Crippen molar-refractivity contribution in [1.82, 2.24) is 4.72 Å². The molecule has 2 N–H and O–H groups in total. The average molecular weight is 442 g/mol. The number of anilines is 1. The summed E-state index contributed by atoms with van der Waals surface area (Å²) in [7, 11) is -3.79. The van der Waals surface area contributed by atoms with E-state index in [1.165, 1.54) is 42.5 Å². The fourth-order valence-corrected chi connectivity index (χ4v) is 3.60. The summed E-state index contributed by atoms with van der Waals surface area (Å²) in [6.45, 7) is -0.268. The fourth-order valence-electron chi connectivity index (χ4n) is 2.30. The van der Waals surface area contributed by atoms with Crippen molar-refractivity contribution in [2.45, 2.75) is 31.4 Å². The van der Waals surface area contributed by atoms with Gasteiger partial charge in [0.05, 0.1) is 10.5 Å². The summed E-state index contributed by atoms with van der Waals surface area (Å²) in [5, 5.41) is 2.42. The number of esters is 1. The molecule has 0 aliphatic carbocycles. The Hall–Kier alpha value is -3.05. The van der Waals surface area contributed by atoms with Gasteiger partial charge in [0.2, 0.25) is 10.0 Å². The molecule has 162 valence electrons. The molecule has 0 radical (unpaired) electrons. The van der Waals surface area contributed by atoms with Gasteiger partial charge in [0, 0.05) is 11.7 Å². The molecule has 0 bridgehead atoms. The number of ether oxygens (including phenoxy) is 2. The number of hydrogen-bond acceptors (Lipinski definition) is 6. The zero-order valence-corrected chi connectivity index (χ0v) is 16.9. The standard InChI is InChI=1S/C19H20F2N2O6S/c1-12(2)23-30(26,27)16-5-3-4-13(10-16)18(25)28-11-17(24)22-14-6-8-15(9-7-14)29-19(20)21/h3-10,12,19,23H,11H2,1-2H3,(H,22,24). The van der Waals surface area contributed by atoms with Crippen molar-refractivity contribution in [3.05, 3.63) is 54.1 Å². The smallest absolute Gasteiger partial charge is 0.387 e. The summed E-state index contributed by atoms with van der Waals surface area (Å²) in [6.07, 6.45) is 0. The number of hydrogen-bond donors (Lipinski definition) is 2. The van der Waals surface area contributed by atoms with Gasteiger partial charge in [0.25, 0.3) is 5.91 Å². The highest BCUT2D eigenvalue weighted by molar-refractivity contribution is 7.89. The summed E-state index contributed by atoms with van der Waals surface area (Å²) in [5.74, 6) is -1.63. The molecule has 0 aliphatic heterocycles. The molecule has 2 aromatic carbocycles. The van der Waals surface area contributed by atoms with Crippen LogP contribution in [0.5, 0.6) is 5.75 Å². The van der Waals surface area contributed by atoms with E-state index in [0.717, 1.165) is 6.07 Å². The first-order valence-corrected chi connectivity index (χ1v) is 10.2. The molecule has 11 heteroatoms. The first-order chi connectivity index (χ1) is 14.1. The third-order valence-electron chi connectivity index (χ3n) is 3.47. The predicted molar refractivity (Wildman–Crippen MR) is 104 cm³/mol. The van der Waals surface area contributed by atoms with Crippen LogP contribution in [0.15, 0.2) is 53.4 Å². The summed E-state index contributed by atoms with van der Waals surface area (Å²) in [5.41, 5.74) is 0.244. The summed E-state index contributed by atoms with van der Waals surface area (Å²) >= 11 is 0. The van der Waals surface area contributed by atoms with Crippen molar-refractivity contribution in [3.8, 4) is 5.75 Å². The van der Waals surface area contributed by atoms with Gasteiger partial charge in [-0.05, 0) is 56.3 Å². The zero-order valence-electron chi connectivity index (χ0n) is 16.1. The predicted octanol–water partition coefficient (Wildman–Crippen LogP) is 2.77. The molecular weight excluding hydrogens is 422 g/mol. The molecule has 0 aromatic heterocycles. The largest absolute Gasteiger partial charge is 0.452 e. The highest BCUT2D eigenvalue weighted by Crippen LogP contribution is 2.18. The van der Waals surface area contributed by atoms with Gasteiger partial charge in [-0.25, -0.2) is 17.9 Å². The number of nitrogens with one attached hydrogen (secondary N) is 2. The summed E-state index contributed by atoms with van der Waals surface area (Å²) in [4.78, 5) is 23.9. The summed E-state index contributed by atoms with van der Waals surface area (Å²) in [6, 6.07) is 10.1. The van der Waals surface area contributed by atoms with E-state index in [4.69, 9.17) is 4.74 Å². The Morgan fingerprint density at radius 2 is 1.73 bits per heavy atom. The molecule has 0 heterocycles. The normalized spacial score (nSPS) is 11.4. The van der Waals surface area contributed by atoms with Gasteiger partial charge in [-0.3, -0.25) is 4.79 Å². The van der Waals surface area contributed by atoms with Gasteiger partial charge in [-0.1, -0.05) is 6.07 Å². The van der Waals surface area contributed by atoms with Gasteiger partial charge in [-0.15, -0.1) is 0 Å². The molecule has 0 atom stereocenters. The Morgan fingerprint density at radius 3 is 2.33 bits per heavy atom. The van der Waals surface area contributed by atoms with Crippen molar-refractivity contribution >= 4 is 27.6 Å². The number of carbonyl (C=O) groups excluding carboxylic acids is 2. The van der Waals surface area contributed by atoms with Crippen molar-refractivity contribution < 1.29 is 36.3 Å². The van der Waals surface area contributed by atoms with E-state index in [0.29, 0.717) is 0 Å². The highest BCUT2D eigenvalue weighted by atomic mass is 32.2. The second-order valence-corrected chi connectivity index (χ2v) is 8.04. The van der Waals surface area contributed by atoms with E-state index in [1.807, 2.05) is 0 Å². The SMILES string of the molecule is CC(C)NS(=O)(=O)c1cccc(C(=O)OCC(=O)Nc2ccc(OC(F)F)cc2)c1. The third kappa shape index (κ3) is 7.08. The van der Waals surface area contributed by atoms with Crippen LogP contribution in [-0.2, 0) is 19.6 Å². The first kappa shape index (κ1) is 23.2. The Balaban J connectivity index is 1.94. The van der Waals surface area contributed by atoms with E-state index in [9.17, 15) is 26.8 Å². The van der Waals surface area contributed by atoms with E-state index in [1.54, 1.807) is 13.8 Å². The maximum atomic E-state index is 12.2. The van der Waals surface area contributed by atoms with Crippen LogP contribution in [0.25, 0.3) is 0 Å². The summed E-state index contributed by atoms with van der Waals surface area (Å²) < 4.78 is 60.1. The van der Waals surface area contributed by atoms with E-state index in [-0.39, 0.29) is 27.9 Å².